The largest absolute Gasteiger partial charge is 0.451 e. The Balaban J connectivity index is 1.32. The third kappa shape index (κ3) is 5.70. The maximum absolute atomic E-state index is 12.5. The first-order valence-corrected chi connectivity index (χ1v) is 11.7. The summed E-state index contributed by atoms with van der Waals surface area (Å²) in [7, 11) is 0. The highest BCUT2D eigenvalue weighted by Crippen LogP contribution is 2.34. The molecule has 0 unspecified atom stereocenters. The molecule has 1 aromatic heterocycles. The van der Waals surface area contributed by atoms with E-state index in [2.05, 4.69) is 22.8 Å². The monoisotopic (exact) mass is 488 g/mol. The topological polar surface area (TPSA) is 58.7 Å². The first-order chi connectivity index (χ1) is 15.5. The standard InChI is InChI=1S/C24H23Cl2N3O2S/c25-19-6-4-5-18(22(19)26)20-11-12-21(31-20)23(30)28-24(32)27-17-9-7-16(8-10-17)15-29-13-2-1-3-14-29/h4-12H,1-3,13-15H2,(H2,27,28,30,32)/p+1. The number of nitrogens with one attached hydrogen (secondary N) is 3. The summed E-state index contributed by atoms with van der Waals surface area (Å²) in [6.07, 6.45) is 3.97. The fourth-order valence-electron chi connectivity index (χ4n) is 3.85. The fraction of sp³-hybridized carbons (Fsp3) is 0.250. The first-order valence-electron chi connectivity index (χ1n) is 10.6. The van der Waals surface area contributed by atoms with Crippen molar-refractivity contribution in [1.82, 2.24) is 5.32 Å². The van der Waals surface area contributed by atoms with Gasteiger partial charge in [-0.05, 0) is 67.9 Å². The molecule has 8 heteroatoms. The van der Waals surface area contributed by atoms with Crippen LogP contribution in [0.25, 0.3) is 11.3 Å². The molecule has 0 bridgehead atoms. The Bertz CT molecular complexity index is 1110. The van der Waals surface area contributed by atoms with Gasteiger partial charge < -0.3 is 14.6 Å². The van der Waals surface area contributed by atoms with Crippen LogP contribution < -0.4 is 15.5 Å². The van der Waals surface area contributed by atoms with Gasteiger partial charge in [-0.3, -0.25) is 10.1 Å². The number of halogens is 2. The third-order valence-corrected chi connectivity index (χ3v) is 6.52. The van der Waals surface area contributed by atoms with E-state index in [1.165, 1.54) is 37.9 Å². The van der Waals surface area contributed by atoms with E-state index in [9.17, 15) is 4.79 Å². The van der Waals surface area contributed by atoms with Crippen molar-refractivity contribution >= 4 is 52.1 Å². The van der Waals surface area contributed by atoms with Gasteiger partial charge in [0.25, 0.3) is 5.91 Å². The van der Waals surface area contributed by atoms with E-state index in [0.717, 1.165) is 12.2 Å². The van der Waals surface area contributed by atoms with Crippen LogP contribution in [-0.2, 0) is 6.54 Å². The van der Waals surface area contributed by atoms with Crippen molar-refractivity contribution in [2.24, 2.45) is 0 Å². The summed E-state index contributed by atoms with van der Waals surface area (Å²) < 4.78 is 5.66. The molecule has 0 saturated carbocycles. The Labute approximate surface area is 202 Å². The van der Waals surface area contributed by atoms with Crippen molar-refractivity contribution in [2.75, 3.05) is 18.4 Å². The van der Waals surface area contributed by atoms with Crippen LogP contribution in [0.4, 0.5) is 5.69 Å². The second-order valence-electron chi connectivity index (χ2n) is 7.86. The lowest BCUT2D eigenvalue weighted by atomic mass is 10.1. The molecule has 32 heavy (non-hydrogen) atoms. The van der Waals surface area contributed by atoms with Crippen LogP contribution in [0.15, 0.2) is 59.0 Å². The zero-order valence-corrected chi connectivity index (χ0v) is 19.7. The molecule has 0 radical (unpaired) electrons. The fourth-order valence-corrected chi connectivity index (χ4v) is 4.45. The average Bonchev–Trinajstić information content (AvgIpc) is 3.28. The summed E-state index contributed by atoms with van der Waals surface area (Å²) in [6.45, 7) is 3.53. The van der Waals surface area contributed by atoms with E-state index in [1.54, 1.807) is 35.2 Å². The molecule has 0 atom stereocenters. The number of carbonyl (C=O) groups excluding carboxylic acids is 1. The second kappa shape index (κ2) is 10.5. The molecule has 2 aromatic carbocycles. The van der Waals surface area contributed by atoms with Gasteiger partial charge in [-0.25, -0.2) is 0 Å². The molecule has 5 nitrogen and oxygen atoms in total. The van der Waals surface area contributed by atoms with Gasteiger partial charge >= 0.3 is 0 Å². The van der Waals surface area contributed by atoms with Crippen molar-refractivity contribution < 1.29 is 14.1 Å². The minimum Gasteiger partial charge on any atom is -0.451 e. The van der Waals surface area contributed by atoms with Gasteiger partial charge in [-0.2, -0.15) is 0 Å². The summed E-state index contributed by atoms with van der Waals surface area (Å²) in [6, 6.07) is 16.6. The van der Waals surface area contributed by atoms with Crippen molar-refractivity contribution in [3.05, 3.63) is 76.0 Å². The van der Waals surface area contributed by atoms with Gasteiger partial charge in [0.1, 0.15) is 12.3 Å². The SMILES string of the molecule is O=C(NC(=S)Nc1ccc(C[NH+]2CCCCC2)cc1)c1ccc(-c2cccc(Cl)c2Cl)o1. The van der Waals surface area contributed by atoms with Gasteiger partial charge in [0.2, 0.25) is 0 Å². The zero-order chi connectivity index (χ0) is 22.5. The quantitative estimate of drug-likeness (QED) is 0.444. The molecule has 0 spiro atoms. The number of carbonyl (C=O) groups is 1. The smallest absolute Gasteiger partial charge is 0.293 e. The van der Waals surface area contributed by atoms with Gasteiger partial charge in [-0.15, -0.1) is 0 Å². The molecule has 2 heterocycles. The van der Waals surface area contributed by atoms with Crippen molar-refractivity contribution in [3.8, 4) is 11.3 Å². The number of thiocarbonyl (C=S) groups is 1. The predicted molar refractivity (Wildman–Crippen MR) is 133 cm³/mol. The Morgan fingerprint density at radius 1 is 1.00 bits per heavy atom. The molecule has 3 N–H and O–H groups in total. The highest BCUT2D eigenvalue weighted by molar-refractivity contribution is 7.80. The molecule has 1 amide bonds. The van der Waals surface area contributed by atoms with Crippen LogP contribution in [0.2, 0.25) is 10.0 Å². The Kier molecular flexibility index (Phi) is 7.48. The van der Waals surface area contributed by atoms with Crippen LogP contribution in [-0.4, -0.2) is 24.1 Å². The summed E-state index contributed by atoms with van der Waals surface area (Å²) in [5.74, 6) is 0.130. The molecule has 1 aliphatic heterocycles. The van der Waals surface area contributed by atoms with Gasteiger partial charge in [0.05, 0.1) is 23.1 Å². The van der Waals surface area contributed by atoms with Crippen LogP contribution >= 0.6 is 35.4 Å². The van der Waals surface area contributed by atoms with Crippen LogP contribution in [0, 0.1) is 0 Å². The van der Waals surface area contributed by atoms with E-state index in [4.69, 9.17) is 39.8 Å². The summed E-state index contributed by atoms with van der Waals surface area (Å²) >= 11 is 17.6. The average molecular weight is 489 g/mol. The highest BCUT2D eigenvalue weighted by atomic mass is 35.5. The predicted octanol–water partition coefficient (Wildman–Crippen LogP) is 4.95. The highest BCUT2D eigenvalue weighted by Gasteiger charge is 2.17. The zero-order valence-electron chi connectivity index (χ0n) is 17.4. The number of hydrogen-bond donors (Lipinski definition) is 3. The van der Waals surface area contributed by atoms with Gasteiger partial charge in [0.15, 0.2) is 10.9 Å². The molecule has 1 fully saturated rings. The number of quaternary nitrogens is 1. The van der Waals surface area contributed by atoms with E-state index < -0.39 is 5.91 Å². The lowest BCUT2D eigenvalue weighted by Crippen LogP contribution is -3.11. The molecule has 166 valence electrons. The minimum atomic E-state index is -0.447. The molecule has 0 aliphatic carbocycles. The first kappa shape index (κ1) is 22.8. The van der Waals surface area contributed by atoms with Crippen molar-refractivity contribution in [3.63, 3.8) is 0 Å². The molecular weight excluding hydrogens is 465 g/mol. The minimum absolute atomic E-state index is 0.125. The second-order valence-corrected chi connectivity index (χ2v) is 9.05. The van der Waals surface area contributed by atoms with Crippen LogP contribution in [0.1, 0.15) is 35.4 Å². The summed E-state index contributed by atoms with van der Waals surface area (Å²) in [5, 5.41) is 6.67. The third-order valence-electron chi connectivity index (χ3n) is 5.50. The molecular formula is C24H24Cl2N3O2S+. The van der Waals surface area contributed by atoms with Crippen molar-refractivity contribution in [2.45, 2.75) is 25.8 Å². The molecule has 1 saturated heterocycles. The molecule has 4 rings (SSSR count). The number of amides is 1. The lowest BCUT2D eigenvalue weighted by molar-refractivity contribution is -0.918. The molecule has 3 aromatic rings. The Morgan fingerprint density at radius 2 is 1.75 bits per heavy atom. The Hall–Kier alpha value is -2.38. The van der Waals surface area contributed by atoms with Crippen molar-refractivity contribution in [1.29, 1.82) is 0 Å². The molecule has 1 aliphatic rings. The van der Waals surface area contributed by atoms with E-state index in [1.807, 2.05) is 12.1 Å². The summed E-state index contributed by atoms with van der Waals surface area (Å²) in [5.41, 5.74) is 2.73. The van der Waals surface area contributed by atoms with Gasteiger partial charge in [0, 0.05) is 16.8 Å². The van der Waals surface area contributed by atoms with E-state index in [0.29, 0.717) is 21.4 Å². The number of benzene rings is 2. The van der Waals surface area contributed by atoms with Gasteiger partial charge in [-0.1, -0.05) is 41.4 Å². The lowest BCUT2D eigenvalue weighted by Gasteiger charge is -2.23. The van der Waals surface area contributed by atoms with E-state index in [-0.39, 0.29) is 10.9 Å². The number of anilines is 1. The van der Waals surface area contributed by atoms with Crippen LogP contribution in [0.3, 0.4) is 0 Å². The van der Waals surface area contributed by atoms with Crippen LogP contribution in [0.5, 0.6) is 0 Å². The number of likely N-dealkylation sites (tertiary alicyclic amines) is 1. The Morgan fingerprint density at radius 3 is 2.50 bits per heavy atom. The summed E-state index contributed by atoms with van der Waals surface area (Å²) in [4.78, 5) is 14.2. The normalized spacial score (nSPS) is 14.2. The number of piperidine rings is 1. The number of hydrogen-bond acceptors (Lipinski definition) is 3. The van der Waals surface area contributed by atoms with E-state index >= 15 is 0 Å². The maximum Gasteiger partial charge on any atom is 0.293 e. The maximum atomic E-state index is 12.5. The number of rotatable bonds is 5. The number of furan rings is 1.